The second-order valence-corrected chi connectivity index (χ2v) is 5.37. The van der Waals surface area contributed by atoms with Gasteiger partial charge in [-0.2, -0.15) is 0 Å². The standard InChI is InChI=1S/C13H26N2/c1-3-12-5-4-6-13(12)15-8-7-11(10-15)9-14-2/h11-14H,3-10H2,1-2H3. The molecule has 1 saturated heterocycles. The molecular weight excluding hydrogens is 184 g/mol. The predicted molar refractivity (Wildman–Crippen MR) is 65.0 cm³/mol. The van der Waals surface area contributed by atoms with E-state index in [9.17, 15) is 0 Å². The number of rotatable bonds is 4. The van der Waals surface area contributed by atoms with E-state index < -0.39 is 0 Å². The minimum absolute atomic E-state index is 0.910. The van der Waals surface area contributed by atoms with Crippen molar-refractivity contribution in [3.05, 3.63) is 0 Å². The summed E-state index contributed by atoms with van der Waals surface area (Å²) in [4.78, 5) is 2.78. The van der Waals surface area contributed by atoms with Crippen LogP contribution in [0.5, 0.6) is 0 Å². The molecule has 1 heterocycles. The first-order valence-corrected chi connectivity index (χ1v) is 6.73. The monoisotopic (exact) mass is 210 g/mol. The highest BCUT2D eigenvalue weighted by molar-refractivity contribution is 4.89. The summed E-state index contributed by atoms with van der Waals surface area (Å²) >= 11 is 0. The third kappa shape index (κ3) is 2.54. The molecule has 2 rings (SSSR count). The van der Waals surface area contributed by atoms with E-state index >= 15 is 0 Å². The van der Waals surface area contributed by atoms with Crippen LogP contribution in [0.4, 0.5) is 0 Å². The molecule has 2 nitrogen and oxygen atoms in total. The Morgan fingerprint density at radius 2 is 2.13 bits per heavy atom. The zero-order valence-electron chi connectivity index (χ0n) is 10.3. The summed E-state index contributed by atoms with van der Waals surface area (Å²) in [5, 5.41) is 3.32. The summed E-state index contributed by atoms with van der Waals surface area (Å²) in [6, 6.07) is 0.928. The SMILES string of the molecule is CCC1CCCC1N1CCC(CNC)C1. The molecule has 0 amide bonds. The van der Waals surface area contributed by atoms with Crippen LogP contribution in [0.1, 0.15) is 39.0 Å². The van der Waals surface area contributed by atoms with Gasteiger partial charge in [-0.25, -0.2) is 0 Å². The van der Waals surface area contributed by atoms with Crippen LogP contribution in [0.2, 0.25) is 0 Å². The Labute approximate surface area is 94.4 Å². The zero-order chi connectivity index (χ0) is 10.7. The normalized spacial score (nSPS) is 37.6. The molecule has 1 saturated carbocycles. The molecule has 2 aliphatic rings. The summed E-state index contributed by atoms with van der Waals surface area (Å²) in [5.41, 5.74) is 0. The highest BCUT2D eigenvalue weighted by Gasteiger charge is 2.34. The molecule has 0 spiro atoms. The third-order valence-corrected chi connectivity index (χ3v) is 4.42. The van der Waals surface area contributed by atoms with Crippen LogP contribution in [0.25, 0.3) is 0 Å². The largest absolute Gasteiger partial charge is 0.319 e. The summed E-state index contributed by atoms with van der Waals surface area (Å²) < 4.78 is 0. The minimum atomic E-state index is 0.910. The van der Waals surface area contributed by atoms with Gasteiger partial charge in [-0.05, 0) is 51.2 Å². The van der Waals surface area contributed by atoms with E-state index in [0.29, 0.717) is 0 Å². The van der Waals surface area contributed by atoms with E-state index in [4.69, 9.17) is 0 Å². The molecule has 1 N–H and O–H groups in total. The van der Waals surface area contributed by atoms with E-state index in [0.717, 1.165) is 17.9 Å². The smallest absolute Gasteiger partial charge is 0.0123 e. The van der Waals surface area contributed by atoms with Crippen LogP contribution >= 0.6 is 0 Å². The molecule has 0 aromatic rings. The van der Waals surface area contributed by atoms with Crippen molar-refractivity contribution in [3.8, 4) is 0 Å². The first-order chi connectivity index (χ1) is 7.35. The van der Waals surface area contributed by atoms with E-state index in [1.165, 1.54) is 51.7 Å². The number of hydrogen-bond acceptors (Lipinski definition) is 2. The molecule has 1 aliphatic heterocycles. The average molecular weight is 210 g/mol. The van der Waals surface area contributed by atoms with E-state index in [2.05, 4.69) is 24.2 Å². The maximum atomic E-state index is 3.32. The summed E-state index contributed by atoms with van der Waals surface area (Å²) in [6.45, 7) is 6.28. The van der Waals surface area contributed by atoms with E-state index in [-0.39, 0.29) is 0 Å². The molecule has 88 valence electrons. The molecule has 0 aromatic carbocycles. The Hall–Kier alpha value is -0.0800. The molecule has 3 atom stereocenters. The van der Waals surface area contributed by atoms with Crippen LogP contribution in [0, 0.1) is 11.8 Å². The van der Waals surface area contributed by atoms with Gasteiger partial charge in [0.2, 0.25) is 0 Å². The third-order valence-electron chi connectivity index (χ3n) is 4.42. The van der Waals surface area contributed by atoms with Crippen LogP contribution in [-0.2, 0) is 0 Å². The summed E-state index contributed by atoms with van der Waals surface area (Å²) in [5.74, 6) is 1.91. The van der Waals surface area contributed by atoms with Crippen LogP contribution in [0.3, 0.4) is 0 Å². The first-order valence-electron chi connectivity index (χ1n) is 6.73. The van der Waals surface area contributed by atoms with Gasteiger partial charge in [0, 0.05) is 12.6 Å². The maximum Gasteiger partial charge on any atom is 0.0123 e. The highest BCUT2D eigenvalue weighted by Crippen LogP contribution is 2.34. The predicted octanol–water partition coefficient (Wildman–Crippen LogP) is 2.11. The average Bonchev–Trinajstić information content (AvgIpc) is 2.84. The van der Waals surface area contributed by atoms with Gasteiger partial charge in [0.25, 0.3) is 0 Å². The minimum Gasteiger partial charge on any atom is -0.319 e. The molecule has 0 bridgehead atoms. The van der Waals surface area contributed by atoms with Gasteiger partial charge >= 0.3 is 0 Å². The quantitative estimate of drug-likeness (QED) is 0.764. The van der Waals surface area contributed by atoms with Crippen LogP contribution < -0.4 is 5.32 Å². The number of nitrogens with zero attached hydrogens (tertiary/aromatic N) is 1. The van der Waals surface area contributed by atoms with Gasteiger partial charge in [-0.1, -0.05) is 19.8 Å². The van der Waals surface area contributed by atoms with Gasteiger partial charge in [0.05, 0.1) is 0 Å². The molecular formula is C13H26N2. The van der Waals surface area contributed by atoms with E-state index in [1.54, 1.807) is 0 Å². The lowest BCUT2D eigenvalue weighted by Crippen LogP contribution is -2.36. The van der Waals surface area contributed by atoms with Gasteiger partial charge in [-0.15, -0.1) is 0 Å². The van der Waals surface area contributed by atoms with Crippen molar-refractivity contribution in [1.29, 1.82) is 0 Å². The van der Waals surface area contributed by atoms with Crippen molar-refractivity contribution < 1.29 is 0 Å². The van der Waals surface area contributed by atoms with Crippen LogP contribution in [-0.4, -0.2) is 37.6 Å². The molecule has 0 radical (unpaired) electrons. The number of likely N-dealkylation sites (tertiary alicyclic amines) is 1. The molecule has 3 unspecified atom stereocenters. The lowest BCUT2D eigenvalue weighted by Gasteiger charge is -2.29. The second-order valence-electron chi connectivity index (χ2n) is 5.37. The number of hydrogen-bond donors (Lipinski definition) is 1. The lowest BCUT2D eigenvalue weighted by atomic mass is 9.99. The number of nitrogens with one attached hydrogen (secondary N) is 1. The fourth-order valence-corrected chi connectivity index (χ4v) is 3.59. The molecule has 2 fully saturated rings. The fourth-order valence-electron chi connectivity index (χ4n) is 3.59. The van der Waals surface area contributed by atoms with Gasteiger partial charge in [0.15, 0.2) is 0 Å². The molecule has 0 aromatic heterocycles. The van der Waals surface area contributed by atoms with Crippen molar-refractivity contribution >= 4 is 0 Å². The Balaban J connectivity index is 1.84. The molecule has 1 aliphatic carbocycles. The first kappa shape index (κ1) is 11.4. The topological polar surface area (TPSA) is 15.3 Å². The fraction of sp³-hybridized carbons (Fsp3) is 1.00. The Morgan fingerprint density at radius 1 is 1.27 bits per heavy atom. The molecule has 15 heavy (non-hydrogen) atoms. The summed E-state index contributed by atoms with van der Waals surface area (Å²) in [7, 11) is 2.08. The van der Waals surface area contributed by atoms with Crippen molar-refractivity contribution in [2.45, 2.75) is 45.1 Å². The second kappa shape index (κ2) is 5.31. The summed E-state index contributed by atoms with van der Waals surface area (Å²) in [6.07, 6.45) is 7.21. The van der Waals surface area contributed by atoms with Gasteiger partial charge < -0.3 is 5.32 Å². The highest BCUT2D eigenvalue weighted by atomic mass is 15.2. The lowest BCUT2D eigenvalue weighted by molar-refractivity contribution is 0.187. The zero-order valence-corrected chi connectivity index (χ0v) is 10.3. The van der Waals surface area contributed by atoms with Crippen molar-refractivity contribution in [2.75, 3.05) is 26.7 Å². The Kier molecular flexibility index (Phi) is 4.04. The van der Waals surface area contributed by atoms with Crippen molar-refractivity contribution in [3.63, 3.8) is 0 Å². The Bertz CT molecular complexity index is 193. The van der Waals surface area contributed by atoms with Crippen molar-refractivity contribution in [1.82, 2.24) is 10.2 Å². The van der Waals surface area contributed by atoms with Crippen molar-refractivity contribution in [2.24, 2.45) is 11.8 Å². The van der Waals surface area contributed by atoms with E-state index in [1.807, 2.05) is 0 Å². The van der Waals surface area contributed by atoms with Gasteiger partial charge in [0.1, 0.15) is 0 Å². The van der Waals surface area contributed by atoms with Crippen LogP contribution in [0.15, 0.2) is 0 Å². The van der Waals surface area contributed by atoms with Gasteiger partial charge in [-0.3, -0.25) is 4.90 Å². The molecule has 2 heteroatoms. The maximum absolute atomic E-state index is 3.32. The Morgan fingerprint density at radius 3 is 2.87 bits per heavy atom.